The number of benzene rings is 2. The van der Waals surface area contributed by atoms with E-state index in [9.17, 15) is 0 Å². The number of nitrogens with zero attached hydrogens (tertiary/aromatic N) is 1. The van der Waals surface area contributed by atoms with Crippen LogP contribution < -0.4 is 0 Å². The van der Waals surface area contributed by atoms with Crippen LogP contribution in [0.5, 0.6) is 0 Å². The second-order valence-electron chi connectivity index (χ2n) is 7.14. The Hall–Kier alpha value is -2.15. The minimum absolute atomic E-state index is 0.407. The zero-order valence-corrected chi connectivity index (χ0v) is 14.6. The molecule has 122 valence electrons. The molecular formula is C23H25N. The zero-order chi connectivity index (χ0) is 17.4. The monoisotopic (exact) mass is 316 g/mol. The van der Waals surface area contributed by atoms with Gasteiger partial charge >= 0.3 is 0 Å². The molecule has 24 heavy (non-hydrogen) atoms. The number of hydrogen-bond acceptors (Lipinski definition) is 1. The van der Waals surface area contributed by atoms with Crippen molar-refractivity contribution in [2.24, 2.45) is 0 Å². The molecule has 0 atom stereocenters. The standard InChI is InChI=1S/C23H25N/c1-16-12-17(2)14-21(13-16)23-22-9-8-19(15-20(22)10-11-24-23)18-6-4-3-5-7-18/h8-15,18H,3-7H2,1-2H3/i18D. The molecule has 1 aliphatic rings. The Bertz CT molecular complexity index is 902. The second-order valence-corrected chi connectivity index (χ2v) is 7.14. The number of pyridine rings is 1. The van der Waals surface area contributed by atoms with E-state index in [1.165, 1.54) is 46.7 Å². The SMILES string of the molecule is [2H]C1(c2ccc3c(-c4cc(C)cc(C)c4)nccc3c2)CCCCC1. The predicted molar refractivity (Wildman–Crippen MR) is 102 cm³/mol. The number of aromatic nitrogens is 1. The molecule has 4 rings (SSSR count). The van der Waals surface area contributed by atoms with Gasteiger partial charge in [-0.2, -0.15) is 0 Å². The van der Waals surface area contributed by atoms with Crippen LogP contribution in [0.4, 0.5) is 0 Å². The molecule has 0 bridgehead atoms. The Morgan fingerprint density at radius 3 is 2.42 bits per heavy atom. The van der Waals surface area contributed by atoms with Gasteiger partial charge < -0.3 is 0 Å². The molecule has 1 nitrogen and oxygen atoms in total. The van der Waals surface area contributed by atoms with Gasteiger partial charge in [0.25, 0.3) is 0 Å². The van der Waals surface area contributed by atoms with Crippen molar-refractivity contribution in [2.45, 2.75) is 51.8 Å². The quantitative estimate of drug-likeness (QED) is 0.521. The van der Waals surface area contributed by atoms with Crippen LogP contribution in [0.3, 0.4) is 0 Å². The Balaban J connectivity index is 1.83. The highest BCUT2D eigenvalue weighted by Crippen LogP contribution is 2.35. The van der Waals surface area contributed by atoms with Gasteiger partial charge in [0, 0.05) is 18.5 Å². The first-order valence-electron chi connectivity index (χ1n) is 9.53. The van der Waals surface area contributed by atoms with Gasteiger partial charge in [0.1, 0.15) is 0 Å². The maximum atomic E-state index is 8.90. The minimum Gasteiger partial charge on any atom is -0.256 e. The largest absolute Gasteiger partial charge is 0.256 e. The van der Waals surface area contributed by atoms with Gasteiger partial charge in [0.2, 0.25) is 0 Å². The van der Waals surface area contributed by atoms with Gasteiger partial charge in [-0.3, -0.25) is 4.98 Å². The number of rotatable bonds is 2. The van der Waals surface area contributed by atoms with Crippen LogP contribution in [0.25, 0.3) is 22.0 Å². The van der Waals surface area contributed by atoms with E-state index >= 15 is 0 Å². The summed E-state index contributed by atoms with van der Waals surface area (Å²) in [7, 11) is 0. The summed E-state index contributed by atoms with van der Waals surface area (Å²) in [5.74, 6) is -0.407. The first kappa shape index (κ1) is 14.2. The van der Waals surface area contributed by atoms with E-state index in [0.29, 0.717) is 0 Å². The summed E-state index contributed by atoms with van der Waals surface area (Å²) in [4.78, 5) is 4.67. The average molecular weight is 316 g/mol. The van der Waals surface area contributed by atoms with Gasteiger partial charge in [-0.15, -0.1) is 0 Å². The minimum atomic E-state index is -0.407. The zero-order valence-electron chi connectivity index (χ0n) is 15.6. The van der Waals surface area contributed by atoms with Crippen molar-refractivity contribution >= 4 is 10.8 Å². The van der Waals surface area contributed by atoms with E-state index in [-0.39, 0.29) is 0 Å². The summed E-state index contributed by atoms with van der Waals surface area (Å²) in [5, 5.41) is 2.37. The Morgan fingerprint density at radius 1 is 0.917 bits per heavy atom. The van der Waals surface area contributed by atoms with Crippen molar-refractivity contribution < 1.29 is 1.37 Å². The lowest BCUT2D eigenvalue weighted by atomic mass is 9.83. The highest BCUT2D eigenvalue weighted by atomic mass is 14.7. The van der Waals surface area contributed by atoms with E-state index in [4.69, 9.17) is 1.37 Å². The molecule has 1 aromatic heterocycles. The maximum Gasteiger partial charge on any atom is 0.0780 e. The summed E-state index contributed by atoms with van der Waals surface area (Å²) in [6, 6.07) is 15.2. The van der Waals surface area contributed by atoms with Crippen molar-refractivity contribution in [3.05, 3.63) is 65.4 Å². The lowest BCUT2D eigenvalue weighted by molar-refractivity contribution is 0.444. The van der Waals surface area contributed by atoms with Crippen LogP contribution in [0.15, 0.2) is 48.7 Å². The van der Waals surface area contributed by atoms with E-state index in [1.54, 1.807) is 0 Å². The highest BCUT2D eigenvalue weighted by molar-refractivity contribution is 5.95. The van der Waals surface area contributed by atoms with E-state index in [2.05, 4.69) is 61.3 Å². The molecule has 0 N–H and O–H groups in total. The summed E-state index contributed by atoms with van der Waals surface area (Å²) in [5.41, 5.74) is 5.90. The lowest BCUT2D eigenvalue weighted by Crippen LogP contribution is -2.04. The molecule has 1 aliphatic carbocycles. The summed E-state index contributed by atoms with van der Waals surface area (Å²) in [6.07, 6.45) is 7.48. The molecule has 1 saturated carbocycles. The third-order valence-corrected chi connectivity index (χ3v) is 5.12. The lowest BCUT2D eigenvalue weighted by Gasteiger charge is -2.22. The molecule has 0 unspecified atom stereocenters. The second kappa shape index (κ2) is 6.39. The molecule has 1 heteroatoms. The predicted octanol–water partition coefficient (Wildman–Crippen LogP) is 6.57. The van der Waals surface area contributed by atoms with E-state index in [1.807, 2.05) is 6.20 Å². The maximum absolute atomic E-state index is 8.90. The van der Waals surface area contributed by atoms with Crippen molar-refractivity contribution in [2.75, 3.05) is 0 Å². The molecule has 1 fully saturated rings. The van der Waals surface area contributed by atoms with Gasteiger partial charge in [0.05, 0.1) is 5.69 Å². The Morgan fingerprint density at radius 2 is 1.67 bits per heavy atom. The van der Waals surface area contributed by atoms with Crippen LogP contribution in [-0.4, -0.2) is 4.98 Å². The molecule has 3 aromatic rings. The summed E-state index contributed by atoms with van der Waals surface area (Å²) in [6.45, 7) is 4.26. The third-order valence-electron chi connectivity index (χ3n) is 5.12. The first-order valence-corrected chi connectivity index (χ1v) is 9.03. The number of hydrogen-bond donors (Lipinski definition) is 0. The Labute approximate surface area is 146 Å². The molecule has 0 radical (unpaired) electrons. The molecular weight excluding hydrogens is 290 g/mol. The smallest absolute Gasteiger partial charge is 0.0780 e. The van der Waals surface area contributed by atoms with Crippen LogP contribution >= 0.6 is 0 Å². The van der Waals surface area contributed by atoms with Gasteiger partial charge in [0.15, 0.2) is 0 Å². The van der Waals surface area contributed by atoms with Gasteiger partial charge in [-0.05, 0) is 61.7 Å². The van der Waals surface area contributed by atoms with Crippen molar-refractivity contribution in [3.63, 3.8) is 0 Å². The summed E-state index contributed by atoms with van der Waals surface area (Å²) < 4.78 is 8.90. The van der Waals surface area contributed by atoms with Crippen molar-refractivity contribution in [1.29, 1.82) is 0 Å². The average Bonchev–Trinajstić information content (AvgIpc) is 2.60. The Kier molecular flexibility index (Phi) is 3.79. The normalized spacial score (nSPS) is 17.7. The molecule has 0 saturated heterocycles. The molecule has 1 heterocycles. The van der Waals surface area contributed by atoms with Crippen LogP contribution in [-0.2, 0) is 0 Å². The van der Waals surface area contributed by atoms with Crippen molar-refractivity contribution in [3.8, 4) is 11.3 Å². The number of aryl methyl sites for hydroxylation is 2. The highest BCUT2D eigenvalue weighted by Gasteiger charge is 2.16. The van der Waals surface area contributed by atoms with Crippen LogP contribution in [0.1, 0.15) is 56.1 Å². The van der Waals surface area contributed by atoms with Crippen LogP contribution in [0.2, 0.25) is 0 Å². The fourth-order valence-electron chi connectivity index (χ4n) is 4.01. The van der Waals surface area contributed by atoms with Gasteiger partial charge in [-0.25, -0.2) is 0 Å². The molecule has 0 amide bonds. The van der Waals surface area contributed by atoms with Gasteiger partial charge in [-0.1, -0.05) is 54.7 Å². The van der Waals surface area contributed by atoms with Crippen molar-refractivity contribution in [1.82, 2.24) is 4.98 Å². The third kappa shape index (κ3) is 2.96. The fraction of sp³-hybridized carbons (Fsp3) is 0.348. The summed E-state index contributed by atoms with van der Waals surface area (Å²) >= 11 is 0. The van der Waals surface area contributed by atoms with E-state index < -0.39 is 5.89 Å². The van der Waals surface area contributed by atoms with Crippen LogP contribution in [0, 0.1) is 13.8 Å². The molecule has 0 spiro atoms. The van der Waals surface area contributed by atoms with E-state index in [0.717, 1.165) is 24.1 Å². The molecule has 0 aliphatic heterocycles. The topological polar surface area (TPSA) is 12.9 Å². The first-order chi connectivity index (χ1) is 12.0. The fourth-order valence-corrected chi connectivity index (χ4v) is 4.01. The molecule has 2 aromatic carbocycles. The number of fused-ring (bicyclic) bond motifs is 1.